The van der Waals surface area contributed by atoms with Gasteiger partial charge in [0.1, 0.15) is 17.1 Å². The molecule has 17 heavy (non-hydrogen) atoms. The molecule has 0 spiro atoms. The van der Waals surface area contributed by atoms with Crippen LogP contribution in [0.1, 0.15) is 51.3 Å². The first-order valence-electron chi connectivity index (χ1n) is 6.33. The van der Waals surface area contributed by atoms with Gasteiger partial charge in [0, 0.05) is 5.56 Å². The highest BCUT2D eigenvalue weighted by Gasteiger charge is 2.18. The van der Waals surface area contributed by atoms with Crippen LogP contribution in [0.4, 0.5) is 0 Å². The van der Waals surface area contributed by atoms with Crippen molar-refractivity contribution in [1.82, 2.24) is 0 Å². The second-order valence-corrected chi connectivity index (χ2v) is 5.41. The van der Waals surface area contributed by atoms with E-state index < -0.39 is 0 Å². The third-order valence-electron chi connectivity index (χ3n) is 2.87. The Bertz CT molecular complexity index is 400. The number of benzene rings is 1. The SMILES string of the molecule is CCc1cc(OC(C)(C)C)c(CC)c(C)c1O. The minimum absolute atomic E-state index is 0.210. The summed E-state index contributed by atoms with van der Waals surface area (Å²) in [7, 11) is 0. The van der Waals surface area contributed by atoms with Crippen molar-refractivity contribution in [3.63, 3.8) is 0 Å². The molecule has 2 nitrogen and oxygen atoms in total. The zero-order valence-corrected chi connectivity index (χ0v) is 11.8. The summed E-state index contributed by atoms with van der Waals surface area (Å²) >= 11 is 0. The van der Waals surface area contributed by atoms with Crippen LogP contribution in [-0.4, -0.2) is 10.7 Å². The van der Waals surface area contributed by atoms with E-state index in [1.54, 1.807) is 0 Å². The topological polar surface area (TPSA) is 29.5 Å². The molecule has 1 rings (SSSR count). The third-order valence-corrected chi connectivity index (χ3v) is 2.87. The van der Waals surface area contributed by atoms with E-state index in [0.29, 0.717) is 5.75 Å². The zero-order chi connectivity index (χ0) is 13.2. The molecule has 0 bridgehead atoms. The van der Waals surface area contributed by atoms with Crippen LogP contribution in [0.3, 0.4) is 0 Å². The van der Waals surface area contributed by atoms with Crippen LogP contribution in [-0.2, 0) is 12.8 Å². The van der Waals surface area contributed by atoms with Crippen LogP contribution in [0.5, 0.6) is 11.5 Å². The maximum absolute atomic E-state index is 10.1. The van der Waals surface area contributed by atoms with E-state index in [2.05, 4.69) is 6.92 Å². The smallest absolute Gasteiger partial charge is 0.124 e. The number of hydrogen-bond acceptors (Lipinski definition) is 2. The van der Waals surface area contributed by atoms with Gasteiger partial charge in [-0.05, 0) is 57.7 Å². The summed E-state index contributed by atoms with van der Waals surface area (Å²) in [6, 6.07) is 1.98. The molecule has 0 radical (unpaired) electrons. The molecule has 0 unspecified atom stereocenters. The van der Waals surface area contributed by atoms with Crippen LogP contribution in [0.2, 0.25) is 0 Å². The molecule has 0 aliphatic heterocycles. The first-order valence-corrected chi connectivity index (χ1v) is 6.33. The second kappa shape index (κ2) is 4.99. The molecule has 1 N–H and O–H groups in total. The number of aryl methyl sites for hydroxylation is 1. The van der Waals surface area contributed by atoms with Crippen LogP contribution in [0.15, 0.2) is 6.07 Å². The zero-order valence-electron chi connectivity index (χ0n) is 11.8. The van der Waals surface area contributed by atoms with Crippen LogP contribution < -0.4 is 4.74 Å². The second-order valence-electron chi connectivity index (χ2n) is 5.41. The van der Waals surface area contributed by atoms with Crippen molar-refractivity contribution >= 4 is 0 Å². The average molecular weight is 236 g/mol. The summed E-state index contributed by atoms with van der Waals surface area (Å²) in [6.07, 6.45) is 1.69. The summed E-state index contributed by atoms with van der Waals surface area (Å²) in [5.41, 5.74) is 2.80. The fourth-order valence-electron chi connectivity index (χ4n) is 2.01. The highest BCUT2D eigenvalue weighted by atomic mass is 16.5. The molecule has 0 heterocycles. The van der Waals surface area contributed by atoms with E-state index >= 15 is 0 Å². The lowest BCUT2D eigenvalue weighted by Crippen LogP contribution is -2.24. The number of ether oxygens (including phenoxy) is 1. The van der Waals surface area contributed by atoms with Gasteiger partial charge in [-0.2, -0.15) is 0 Å². The Balaban J connectivity index is 3.32. The molecular formula is C15H24O2. The highest BCUT2D eigenvalue weighted by molar-refractivity contribution is 5.52. The summed E-state index contributed by atoms with van der Waals surface area (Å²) in [5.74, 6) is 1.33. The largest absolute Gasteiger partial charge is 0.507 e. The quantitative estimate of drug-likeness (QED) is 0.859. The fourth-order valence-corrected chi connectivity index (χ4v) is 2.01. The molecule has 0 saturated heterocycles. The number of phenolic OH excluding ortho intramolecular Hbond substituents is 1. The Morgan fingerprint density at radius 1 is 1.18 bits per heavy atom. The van der Waals surface area contributed by atoms with Gasteiger partial charge in [0.05, 0.1) is 0 Å². The van der Waals surface area contributed by atoms with Crippen molar-refractivity contribution in [1.29, 1.82) is 0 Å². The minimum Gasteiger partial charge on any atom is -0.507 e. The number of rotatable bonds is 3. The monoisotopic (exact) mass is 236 g/mol. The molecule has 1 aromatic rings. The molecular weight excluding hydrogens is 212 g/mol. The van der Waals surface area contributed by atoms with Gasteiger partial charge < -0.3 is 9.84 Å². The average Bonchev–Trinajstić information content (AvgIpc) is 2.21. The first kappa shape index (κ1) is 13.9. The first-order chi connectivity index (χ1) is 7.80. The Labute approximate surface area is 105 Å². The van der Waals surface area contributed by atoms with Gasteiger partial charge in [-0.25, -0.2) is 0 Å². The maximum atomic E-state index is 10.1. The molecule has 0 atom stereocenters. The Morgan fingerprint density at radius 2 is 1.76 bits per heavy atom. The normalized spacial score (nSPS) is 11.6. The van der Waals surface area contributed by atoms with E-state index in [-0.39, 0.29) is 5.60 Å². The van der Waals surface area contributed by atoms with Crippen LogP contribution in [0.25, 0.3) is 0 Å². The van der Waals surface area contributed by atoms with Crippen molar-refractivity contribution in [3.8, 4) is 11.5 Å². The van der Waals surface area contributed by atoms with E-state index in [4.69, 9.17) is 4.74 Å². The summed E-state index contributed by atoms with van der Waals surface area (Å²) in [6.45, 7) is 12.2. The standard InChI is InChI=1S/C15H24O2/c1-7-11-9-13(17-15(4,5)6)12(8-2)10(3)14(11)16/h9,16H,7-8H2,1-6H3. The Hall–Kier alpha value is -1.18. The molecule has 0 fully saturated rings. The van der Waals surface area contributed by atoms with Gasteiger partial charge in [-0.1, -0.05) is 13.8 Å². The van der Waals surface area contributed by atoms with Crippen molar-refractivity contribution in [2.24, 2.45) is 0 Å². The summed E-state index contributed by atoms with van der Waals surface area (Å²) in [5, 5.41) is 10.1. The predicted octanol–water partition coefficient (Wildman–Crippen LogP) is 4.00. The molecule has 0 saturated carbocycles. The molecule has 0 aromatic heterocycles. The molecule has 0 amide bonds. The molecule has 96 valence electrons. The van der Waals surface area contributed by atoms with E-state index in [1.807, 2.05) is 40.7 Å². The lowest BCUT2D eigenvalue weighted by atomic mass is 9.98. The lowest BCUT2D eigenvalue weighted by Gasteiger charge is -2.25. The van der Waals surface area contributed by atoms with Gasteiger partial charge in [0.25, 0.3) is 0 Å². The summed E-state index contributed by atoms with van der Waals surface area (Å²) in [4.78, 5) is 0. The van der Waals surface area contributed by atoms with Crippen molar-refractivity contribution in [2.45, 2.75) is 60.0 Å². The fraction of sp³-hybridized carbons (Fsp3) is 0.600. The molecule has 1 aromatic carbocycles. The van der Waals surface area contributed by atoms with Crippen molar-refractivity contribution in [2.75, 3.05) is 0 Å². The Morgan fingerprint density at radius 3 is 2.18 bits per heavy atom. The predicted molar refractivity (Wildman–Crippen MR) is 72.0 cm³/mol. The number of aromatic hydroxyl groups is 1. The Kier molecular flexibility index (Phi) is 4.07. The maximum Gasteiger partial charge on any atom is 0.124 e. The number of hydrogen-bond donors (Lipinski definition) is 1. The van der Waals surface area contributed by atoms with Crippen LogP contribution >= 0.6 is 0 Å². The molecule has 2 heteroatoms. The van der Waals surface area contributed by atoms with E-state index in [0.717, 1.165) is 35.3 Å². The van der Waals surface area contributed by atoms with Crippen molar-refractivity contribution in [3.05, 3.63) is 22.8 Å². The highest BCUT2D eigenvalue weighted by Crippen LogP contribution is 2.35. The molecule has 0 aliphatic carbocycles. The van der Waals surface area contributed by atoms with Crippen molar-refractivity contribution < 1.29 is 9.84 Å². The van der Waals surface area contributed by atoms with Gasteiger partial charge in [-0.3, -0.25) is 0 Å². The van der Waals surface area contributed by atoms with Gasteiger partial charge in [0.15, 0.2) is 0 Å². The summed E-state index contributed by atoms with van der Waals surface area (Å²) < 4.78 is 5.99. The van der Waals surface area contributed by atoms with Gasteiger partial charge in [0.2, 0.25) is 0 Å². The third kappa shape index (κ3) is 3.15. The number of phenols is 1. The van der Waals surface area contributed by atoms with E-state index in [1.165, 1.54) is 0 Å². The van der Waals surface area contributed by atoms with Gasteiger partial charge in [-0.15, -0.1) is 0 Å². The van der Waals surface area contributed by atoms with Crippen LogP contribution in [0, 0.1) is 6.92 Å². The van der Waals surface area contributed by atoms with E-state index in [9.17, 15) is 5.11 Å². The van der Waals surface area contributed by atoms with Gasteiger partial charge >= 0.3 is 0 Å². The molecule has 0 aliphatic rings. The minimum atomic E-state index is -0.210. The lowest BCUT2D eigenvalue weighted by molar-refractivity contribution is 0.129.